The molecule has 0 aromatic carbocycles. The number of hydrogen-bond acceptors (Lipinski definition) is 2. The molecule has 1 unspecified atom stereocenters. The van der Waals surface area contributed by atoms with E-state index in [9.17, 15) is 0 Å². The van der Waals surface area contributed by atoms with Crippen LogP contribution in [0.3, 0.4) is 0 Å². The van der Waals surface area contributed by atoms with Gasteiger partial charge in [0.25, 0.3) is 0 Å². The van der Waals surface area contributed by atoms with Crippen LogP contribution in [0.4, 0.5) is 5.82 Å². The number of nitrogens with zero attached hydrogens (tertiary/aromatic N) is 1. The molecule has 0 aliphatic heterocycles. The van der Waals surface area contributed by atoms with Gasteiger partial charge in [0.15, 0.2) is 0 Å². The summed E-state index contributed by atoms with van der Waals surface area (Å²) < 4.78 is 1.06. The monoisotopic (exact) mass is 254 g/mol. The zero-order valence-electron chi connectivity index (χ0n) is 8.76. The summed E-state index contributed by atoms with van der Waals surface area (Å²) in [5, 5.41) is 3.44. The summed E-state index contributed by atoms with van der Waals surface area (Å²) in [4.78, 5) is 4.37. The fourth-order valence-corrected chi connectivity index (χ4v) is 2.10. The molecule has 1 fully saturated rings. The van der Waals surface area contributed by atoms with Gasteiger partial charge in [0, 0.05) is 12.2 Å². The van der Waals surface area contributed by atoms with Crippen molar-refractivity contribution in [2.24, 2.45) is 5.41 Å². The van der Waals surface area contributed by atoms with Crippen molar-refractivity contribution in [2.45, 2.75) is 33.2 Å². The Labute approximate surface area is 93.3 Å². The predicted molar refractivity (Wildman–Crippen MR) is 62.5 cm³/mol. The van der Waals surface area contributed by atoms with Gasteiger partial charge in [0.2, 0.25) is 0 Å². The van der Waals surface area contributed by atoms with Crippen LogP contribution in [0.1, 0.15) is 25.8 Å². The molecule has 1 heterocycles. The Kier molecular flexibility index (Phi) is 2.30. The summed E-state index contributed by atoms with van der Waals surface area (Å²) in [7, 11) is 0. The van der Waals surface area contributed by atoms with E-state index in [2.05, 4.69) is 46.1 Å². The zero-order chi connectivity index (χ0) is 10.3. The van der Waals surface area contributed by atoms with E-state index in [1.165, 1.54) is 12.0 Å². The second-order valence-electron chi connectivity index (χ2n) is 4.73. The van der Waals surface area contributed by atoms with Crippen LogP contribution < -0.4 is 5.32 Å². The first-order valence-corrected chi connectivity index (χ1v) is 5.67. The van der Waals surface area contributed by atoms with Crippen LogP contribution in [0.15, 0.2) is 16.7 Å². The number of rotatable bonds is 2. The lowest BCUT2D eigenvalue weighted by Gasteiger charge is -2.09. The Balaban J connectivity index is 2.11. The van der Waals surface area contributed by atoms with Crippen molar-refractivity contribution in [3.63, 3.8) is 0 Å². The quantitative estimate of drug-likeness (QED) is 0.876. The molecule has 1 aromatic heterocycles. The molecule has 14 heavy (non-hydrogen) atoms. The van der Waals surface area contributed by atoms with E-state index in [-0.39, 0.29) is 0 Å². The average molecular weight is 255 g/mol. The Morgan fingerprint density at radius 3 is 2.71 bits per heavy atom. The summed E-state index contributed by atoms with van der Waals surface area (Å²) in [6, 6.07) is 2.67. The van der Waals surface area contributed by atoms with E-state index >= 15 is 0 Å². The summed E-state index contributed by atoms with van der Waals surface area (Å²) in [5.74, 6) is 0.964. The van der Waals surface area contributed by atoms with Crippen molar-refractivity contribution >= 4 is 21.7 Å². The van der Waals surface area contributed by atoms with E-state index in [1.54, 1.807) is 0 Å². The molecular formula is C11H15BrN2. The van der Waals surface area contributed by atoms with Crippen LogP contribution >= 0.6 is 15.9 Å². The smallest absolute Gasteiger partial charge is 0.140 e. The number of nitrogens with one attached hydrogen (secondary N) is 1. The highest BCUT2D eigenvalue weighted by molar-refractivity contribution is 9.10. The fraction of sp³-hybridized carbons (Fsp3) is 0.545. The van der Waals surface area contributed by atoms with Gasteiger partial charge in [-0.15, -0.1) is 0 Å². The molecule has 1 aliphatic rings. The lowest BCUT2D eigenvalue weighted by molar-refractivity contribution is 0.629. The maximum atomic E-state index is 4.37. The second-order valence-corrected chi connectivity index (χ2v) is 5.59. The van der Waals surface area contributed by atoms with E-state index in [4.69, 9.17) is 0 Å². The van der Waals surface area contributed by atoms with Gasteiger partial charge in [0.1, 0.15) is 5.82 Å². The molecule has 0 spiro atoms. The summed E-state index contributed by atoms with van der Waals surface area (Å²) in [6.45, 7) is 6.59. The van der Waals surface area contributed by atoms with Crippen molar-refractivity contribution in [1.29, 1.82) is 0 Å². The van der Waals surface area contributed by atoms with Crippen LogP contribution in [0.25, 0.3) is 0 Å². The minimum atomic E-state index is 0.437. The van der Waals surface area contributed by atoms with Crippen molar-refractivity contribution in [3.05, 3.63) is 22.3 Å². The fourth-order valence-electron chi connectivity index (χ4n) is 1.52. The van der Waals surface area contributed by atoms with Gasteiger partial charge in [-0.2, -0.15) is 0 Å². The molecule has 1 N–H and O–H groups in total. The lowest BCUT2D eigenvalue weighted by Crippen LogP contribution is -2.10. The first kappa shape index (κ1) is 9.97. The van der Waals surface area contributed by atoms with Crippen LogP contribution in [0, 0.1) is 12.3 Å². The molecule has 1 saturated carbocycles. The summed E-state index contributed by atoms with van der Waals surface area (Å²) in [5.41, 5.74) is 1.61. The van der Waals surface area contributed by atoms with Crippen LogP contribution in [-0.2, 0) is 0 Å². The van der Waals surface area contributed by atoms with Crippen molar-refractivity contribution in [3.8, 4) is 0 Å². The van der Waals surface area contributed by atoms with Crippen LogP contribution in [0.5, 0.6) is 0 Å². The topological polar surface area (TPSA) is 24.9 Å². The first-order valence-electron chi connectivity index (χ1n) is 4.88. The second kappa shape index (κ2) is 3.23. The normalized spacial score (nSPS) is 23.3. The third-order valence-electron chi connectivity index (χ3n) is 2.80. The Bertz CT molecular complexity index is 360. The van der Waals surface area contributed by atoms with Gasteiger partial charge < -0.3 is 5.32 Å². The van der Waals surface area contributed by atoms with Gasteiger partial charge >= 0.3 is 0 Å². The first-order chi connectivity index (χ1) is 6.49. The SMILES string of the molecule is Cc1cnc(NC2CC2(C)C)c(Br)c1. The molecule has 76 valence electrons. The number of aromatic nitrogens is 1. The largest absolute Gasteiger partial charge is 0.366 e. The average Bonchev–Trinajstić information content (AvgIpc) is 2.65. The van der Waals surface area contributed by atoms with Crippen molar-refractivity contribution in [1.82, 2.24) is 4.98 Å². The van der Waals surface area contributed by atoms with Gasteiger partial charge in [-0.25, -0.2) is 4.98 Å². The molecule has 1 aliphatic carbocycles. The maximum absolute atomic E-state index is 4.37. The van der Waals surface area contributed by atoms with E-state index in [1.807, 2.05) is 13.1 Å². The van der Waals surface area contributed by atoms with Crippen LogP contribution in [-0.4, -0.2) is 11.0 Å². The standard InChI is InChI=1S/C11H15BrN2/c1-7-4-8(12)10(13-6-7)14-9-5-11(9,2)3/h4,6,9H,5H2,1-3H3,(H,13,14). The van der Waals surface area contributed by atoms with Gasteiger partial charge in [-0.3, -0.25) is 0 Å². The van der Waals surface area contributed by atoms with E-state index in [0.29, 0.717) is 11.5 Å². The molecule has 2 rings (SSSR count). The lowest BCUT2D eigenvalue weighted by atomic mass is 10.2. The molecule has 0 saturated heterocycles. The summed E-state index contributed by atoms with van der Waals surface area (Å²) >= 11 is 3.52. The number of aryl methyl sites for hydroxylation is 1. The van der Waals surface area contributed by atoms with Gasteiger partial charge in [-0.1, -0.05) is 13.8 Å². The van der Waals surface area contributed by atoms with Crippen LogP contribution in [0.2, 0.25) is 0 Å². The van der Waals surface area contributed by atoms with E-state index in [0.717, 1.165) is 10.3 Å². The highest BCUT2D eigenvalue weighted by Crippen LogP contribution is 2.46. The number of anilines is 1. The molecule has 0 amide bonds. The Hall–Kier alpha value is -0.570. The molecule has 0 radical (unpaired) electrons. The molecule has 3 heteroatoms. The molecule has 1 atom stereocenters. The summed E-state index contributed by atoms with van der Waals surface area (Å²) in [6.07, 6.45) is 3.12. The Morgan fingerprint density at radius 1 is 1.57 bits per heavy atom. The zero-order valence-corrected chi connectivity index (χ0v) is 10.4. The van der Waals surface area contributed by atoms with Crippen molar-refractivity contribution in [2.75, 3.05) is 5.32 Å². The van der Waals surface area contributed by atoms with Gasteiger partial charge in [0.05, 0.1) is 4.47 Å². The number of hydrogen-bond donors (Lipinski definition) is 1. The highest BCUT2D eigenvalue weighted by Gasteiger charge is 2.45. The highest BCUT2D eigenvalue weighted by atomic mass is 79.9. The number of halogens is 1. The third-order valence-corrected chi connectivity index (χ3v) is 3.41. The maximum Gasteiger partial charge on any atom is 0.140 e. The van der Waals surface area contributed by atoms with Gasteiger partial charge in [-0.05, 0) is 46.3 Å². The predicted octanol–water partition coefficient (Wildman–Crippen LogP) is 3.36. The molecule has 1 aromatic rings. The minimum absolute atomic E-state index is 0.437. The molecule has 2 nitrogen and oxygen atoms in total. The molecular weight excluding hydrogens is 240 g/mol. The van der Waals surface area contributed by atoms with E-state index < -0.39 is 0 Å². The van der Waals surface area contributed by atoms with Crippen molar-refractivity contribution < 1.29 is 0 Å². The third kappa shape index (κ3) is 1.92. The molecule has 0 bridgehead atoms. The minimum Gasteiger partial charge on any atom is -0.366 e. The Morgan fingerprint density at radius 2 is 2.21 bits per heavy atom. The number of pyridine rings is 1.